The van der Waals surface area contributed by atoms with Crippen LogP contribution in [0, 0.1) is 17.6 Å². The summed E-state index contributed by atoms with van der Waals surface area (Å²) >= 11 is 0. The van der Waals surface area contributed by atoms with Crippen molar-refractivity contribution in [2.45, 2.75) is 26.2 Å². The quantitative estimate of drug-likeness (QED) is 0.150. The van der Waals surface area contributed by atoms with Gasteiger partial charge in [0.25, 0.3) is 0 Å². The number of anilines is 2. The number of ether oxygens (including phenoxy) is 3. The van der Waals surface area contributed by atoms with Gasteiger partial charge in [0.05, 0.1) is 25.4 Å². The summed E-state index contributed by atoms with van der Waals surface area (Å²) in [6.07, 6.45) is 3.97. The number of pyridine rings is 1. The Morgan fingerprint density at radius 2 is 1.67 bits per heavy atom. The normalized spacial score (nSPS) is 14.9. The predicted octanol–water partition coefficient (Wildman–Crippen LogP) is 6.54. The zero-order valence-electron chi connectivity index (χ0n) is 25.0. The number of imide groups is 1. The van der Waals surface area contributed by atoms with Gasteiger partial charge < -0.3 is 24.4 Å². The minimum absolute atomic E-state index is 0.0893. The Labute approximate surface area is 258 Å². The molecule has 1 atom stereocenters. The van der Waals surface area contributed by atoms with Crippen molar-refractivity contribution in [3.63, 3.8) is 0 Å². The SMILES string of the molecule is CCCCCN1CC(C(=O)Nc2ccc(Oc3ccnc4cc(OC)c(OC)cc34)c(F)c2)C(=O)N(c2ccc(F)cc2)C1=O. The molecule has 0 saturated carbocycles. The first-order valence-corrected chi connectivity index (χ1v) is 14.4. The Hall–Kier alpha value is -5.26. The van der Waals surface area contributed by atoms with E-state index < -0.39 is 35.4 Å². The molecule has 1 fully saturated rings. The van der Waals surface area contributed by atoms with E-state index in [0.29, 0.717) is 41.1 Å². The Balaban J connectivity index is 1.36. The van der Waals surface area contributed by atoms with Crippen LogP contribution in [0.25, 0.3) is 10.9 Å². The maximum absolute atomic E-state index is 15.3. The second-order valence-corrected chi connectivity index (χ2v) is 10.4. The van der Waals surface area contributed by atoms with Crippen LogP contribution in [0.2, 0.25) is 0 Å². The van der Waals surface area contributed by atoms with Crippen LogP contribution in [0.1, 0.15) is 26.2 Å². The first-order chi connectivity index (χ1) is 21.7. The highest BCUT2D eigenvalue weighted by Gasteiger charge is 2.43. The number of methoxy groups -OCH3 is 2. The van der Waals surface area contributed by atoms with E-state index >= 15 is 4.39 Å². The fourth-order valence-corrected chi connectivity index (χ4v) is 5.08. The second kappa shape index (κ2) is 13.6. The molecule has 1 N–H and O–H groups in total. The molecule has 234 valence electrons. The van der Waals surface area contributed by atoms with Gasteiger partial charge in [-0.2, -0.15) is 0 Å². The number of aromatic nitrogens is 1. The third-order valence-electron chi connectivity index (χ3n) is 7.44. The second-order valence-electron chi connectivity index (χ2n) is 10.4. The van der Waals surface area contributed by atoms with Gasteiger partial charge in [-0.25, -0.2) is 18.5 Å². The molecule has 2 heterocycles. The predicted molar refractivity (Wildman–Crippen MR) is 164 cm³/mol. The molecule has 45 heavy (non-hydrogen) atoms. The molecule has 0 spiro atoms. The minimum Gasteiger partial charge on any atom is -0.493 e. The number of benzene rings is 3. The number of halogens is 2. The van der Waals surface area contributed by atoms with Gasteiger partial charge in [-0.1, -0.05) is 19.8 Å². The zero-order chi connectivity index (χ0) is 32.1. The Kier molecular flexibility index (Phi) is 9.41. The van der Waals surface area contributed by atoms with Crippen LogP contribution in [-0.4, -0.2) is 55.0 Å². The van der Waals surface area contributed by atoms with Crippen LogP contribution in [0.5, 0.6) is 23.0 Å². The molecular weight excluding hydrogens is 586 g/mol. The summed E-state index contributed by atoms with van der Waals surface area (Å²) in [7, 11) is 3.00. The standard InChI is InChI=1S/C33H32F2N4O6/c1-4-5-6-15-38-19-24(32(41)39(33(38)42)22-10-7-20(34)8-11-22)31(40)37-21-9-12-28(25(35)16-21)45-27-13-14-36-26-18-30(44-3)29(43-2)17-23(26)27/h7-14,16-18,24H,4-6,15,19H2,1-3H3,(H,37,40). The largest absolute Gasteiger partial charge is 0.493 e. The van der Waals surface area contributed by atoms with Crippen molar-refractivity contribution in [3.05, 3.63) is 78.5 Å². The van der Waals surface area contributed by atoms with E-state index in [-0.39, 0.29) is 23.7 Å². The molecule has 10 nitrogen and oxygen atoms in total. The van der Waals surface area contributed by atoms with Gasteiger partial charge in [-0.05, 0) is 55.0 Å². The molecule has 1 aliphatic heterocycles. The van der Waals surface area contributed by atoms with E-state index in [0.717, 1.165) is 35.9 Å². The van der Waals surface area contributed by atoms with Crippen LogP contribution in [0.4, 0.5) is 25.0 Å². The molecule has 3 aromatic carbocycles. The fourth-order valence-electron chi connectivity index (χ4n) is 5.08. The number of rotatable bonds is 11. The average molecular weight is 619 g/mol. The highest BCUT2D eigenvalue weighted by Crippen LogP contribution is 2.37. The summed E-state index contributed by atoms with van der Waals surface area (Å²) in [5.41, 5.74) is 0.784. The summed E-state index contributed by atoms with van der Waals surface area (Å²) < 4.78 is 45.4. The summed E-state index contributed by atoms with van der Waals surface area (Å²) in [6.45, 7) is 2.22. The van der Waals surface area contributed by atoms with Crippen molar-refractivity contribution in [1.29, 1.82) is 0 Å². The van der Waals surface area contributed by atoms with Crippen molar-refractivity contribution in [2.24, 2.45) is 5.92 Å². The number of unbranched alkanes of at least 4 members (excludes halogenated alkanes) is 2. The Morgan fingerprint density at radius 3 is 2.36 bits per heavy atom. The first-order valence-electron chi connectivity index (χ1n) is 14.4. The fraction of sp³-hybridized carbons (Fsp3) is 0.273. The topological polar surface area (TPSA) is 110 Å². The third kappa shape index (κ3) is 6.64. The summed E-state index contributed by atoms with van der Waals surface area (Å²) in [6, 6.07) is 13.1. The van der Waals surface area contributed by atoms with Crippen molar-refractivity contribution >= 4 is 40.1 Å². The number of urea groups is 1. The number of hydrogen-bond donors (Lipinski definition) is 1. The molecule has 0 radical (unpaired) electrons. The van der Waals surface area contributed by atoms with Crippen LogP contribution in [0.15, 0.2) is 66.9 Å². The zero-order valence-corrected chi connectivity index (χ0v) is 25.0. The van der Waals surface area contributed by atoms with Crippen molar-refractivity contribution < 1.29 is 37.4 Å². The van der Waals surface area contributed by atoms with Crippen LogP contribution in [0.3, 0.4) is 0 Å². The number of hydrogen-bond acceptors (Lipinski definition) is 7. The molecule has 4 aromatic rings. The average Bonchev–Trinajstić information content (AvgIpc) is 3.03. The monoisotopic (exact) mass is 618 g/mol. The molecule has 12 heteroatoms. The van der Waals surface area contributed by atoms with Gasteiger partial charge in [0.15, 0.2) is 23.1 Å². The number of nitrogens with one attached hydrogen (secondary N) is 1. The third-order valence-corrected chi connectivity index (χ3v) is 7.44. The van der Waals surface area contributed by atoms with Crippen molar-refractivity contribution in [2.75, 3.05) is 37.5 Å². The van der Waals surface area contributed by atoms with Crippen LogP contribution >= 0.6 is 0 Å². The first kappa shape index (κ1) is 31.2. The maximum atomic E-state index is 15.3. The number of nitrogens with zero attached hydrogens (tertiary/aromatic N) is 3. The molecular formula is C33H32F2N4O6. The summed E-state index contributed by atoms with van der Waals surface area (Å²) in [5.74, 6) is -2.91. The van der Waals surface area contributed by atoms with Gasteiger partial charge in [-0.15, -0.1) is 0 Å². The van der Waals surface area contributed by atoms with Crippen LogP contribution in [-0.2, 0) is 9.59 Å². The lowest BCUT2D eigenvalue weighted by atomic mass is 10.0. The number of amides is 4. The summed E-state index contributed by atoms with van der Waals surface area (Å²) in [5, 5.41) is 3.16. The minimum atomic E-state index is -1.27. The van der Waals surface area contributed by atoms with Crippen molar-refractivity contribution in [3.8, 4) is 23.0 Å². The number of fused-ring (bicyclic) bond motifs is 1. The number of carbonyl (C=O) groups excluding carboxylic acids is 3. The van der Waals surface area contributed by atoms with Gasteiger partial charge >= 0.3 is 6.03 Å². The molecule has 1 aliphatic rings. The number of carbonyl (C=O) groups is 3. The van der Waals surface area contributed by atoms with Crippen molar-refractivity contribution in [1.82, 2.24) is 9.88 Å². The molecule has 5 rings (SSSR count). The van der Waals surface area contributed by atoms with E-state index in [4.69, 9.17) is 14.2 Å². The molecule has 1 saturated heterocycles. The molecule has 0 aliphatic carbocycles. The van der Waals surface area contributed by atoms with Crippen LogP contribution < -0.4 is 24.4 Å². The Bertz CT molecular complexity index is 1730. The van der Waals surface area contributed by atoms with Gasteiger partial charge in [0.2, 0.25) is 11.8 Å². The smallest absolute Gasteiger partial charge is 0.331 e. The lowest BCUT2D eigenvalue weighted by Crippen LogP contribution is -2.59. The lowest BCUT2D eigenvalue weighted by molar-refractivity contribution is -0.132. The Morgan fingerprint density at radius 1 is 0.933 bits per heavy atom. The molecule has 0 bridgehead atoms. The highest BCUT2D eigenvalue weighted by atomic mass is 19.1. The van der Waals surface area contributed by atoms with Gasteiger partial charge in [0.1, 0.15) is 17.5 Å². The van der Waals surface area contributed by atoms with E-state index in [9.17, 15) is 18.8 Å². The van der Waals surface area contributed by atoms with E-state index in [1.165, 1.54) is 49.6 Å². The highest BCUT2D eigenvalue weighted by molar-refractivity contribution is 6.23. The lowest BCUT2D eigenvalue weighted by Gasteiger charge is -2.38. The summed E-state index contributed by atoms with van der Waals surface area (Å²) in [4.78, 5) is 46.7. The van der Waals surface area contributed by atoms with E-state index in [1.807, 2.05) is 6.92 Å². The molecule has 1 aromatic heterocycles. The van der Waals surface area contributed by atoms with E-state index in [2.05, 4.69) is 10.3 Å². The molecule has 4 amide bonds. The maximum Gasteiger partial charge on any atom is 0.331 e. The van der Waals surface area contributed by atoms with E-state index in [1.54, 1.807) is 18.2 Å². The van der Waals surface area contributed by atoms with Gasteiger partial charge in [0, 0.05) is 42.5 Å². The molecule has 1 unspecified atom stereocenters. The van der Waals surface area contributed by atoms with Gasteiger partial charge in [-0.3, -0.25) is 14.6 Å².